The first-order chi connectivity index (χ1) is 10.6. The summed E-state index contributed by atoms with van der Waals surface area (Å²) in [6, 6.07) is 12.4. The van der Waals surface area contributed by atoms with Crippen LogP contribution in [0.3, 0.4) is 0 Å². The fourth-order valence-corrected chi connectivity index (χ4v) is 3.88. The van der Waals surface area contributed by atoms with Crippen molar-refractivity contribution in [1.29, 1.82) is 0 Å². The molecule has 0 unspecified atom stereocenters. The van der Waals surface area contributed by atoms with Gasteiger partial charge in [-0.2, -0.15) is 0 Å². The van der Waals surface area contributed by atoms with Gasteiger partial charge in [0.2, 0.25) is 0 Å². The molecule has 0 atom stereocenters. The zero-order valence-electron chi connectivity index (χ0n) is 13.1. The maximum Gasteiger partial charge on any atom is 0.261 e. The lowest BCUT2D eigenvalue weighted by molar-refractivity contribution is 0.599. The number of nitrogens with one attached hydrogen (secondary N) is 1. The Kier molecular flexibility index (Phi) is 4.81. The van der Waals surface area contributed by atoms with E-state index >= 15 is 0 Å². The monoisotopic (exact) mass is 353 g/mol. The Bertz CT molecular complexity index is 917. The lowest BCUT2D eigenvalue weighted by atomic mass is 10.0. The van der Waals surface area contributed by atoms with E-state index in [1.807, 2.05) is 19.9 Å². The van der Waals surface area contributed by atoms with Gasteiger partial charge in [0.1, 0.15) is 0 Å². The van der Waals surface area contributed by atoms with Crippen LogP contribution < -0.4 is 4.72 Å². The van der Waals surface area contributed by atoms with E-state index in [-0.39, 0.29) is 15.7 Å². The van der Waals surface area contributed by atoms with Crippen LogP contribution in [0.2, 0.25) is 0 Å². The van der Waals surface area contributed by atoms with Crippen LogP contribution in [0.5, 0.6) is 0 Å². The van der Waals surface area contributed by atoms with Gasteiger partial charge < -0.3 is 0 Å². The van der Waals surface area contributed by atoms with Crippen LogP contribution in [0.4, 0.5) is 5.69 Å². The van der Waals surface area contributed by atoms with Crippen LogP contribution >= 0.6 is 0 Å². The summed E-state index contributed by atoms with van der Waals surface area (Å²) in [5.41, 5.74) is 1.45. The molecular formula is C16H19NO4S2. The molecule has 0 heterocycles. The molecule has 124 valence electrons. The lowest BCUT2D eigenvalue weighted by Gasteiger charge is -2.11. The minimum Gasteiger partial charge on any atom is -0.280 e. The Morgan fingerprint density at radius 1 is 0.870 bits per heavy atom. The van der Waals surface area contributed by atoms with Crippen molar-refractivity contribution in [3.63, 3.8) is 0 Å². The highest BCUT2D eigenvalue weighted by molar-refractivity contribution is 7.93. The Balaban J connectivity index is 2.38. The van der Waals surface area contributed by atoms with E-state index in [0.717, 1.165) is 17.9 Å². The summed E-state index contributed by atoms with van der Waals surface area (Å²) >= 11 is 0. The summed E-state index contributed by atoms with van der Waals surface area (Å²) < 4.78 is 50.5. The van der Waals surface area contributed by atoms with Crippen molar-refractivity contribution < 1.29 is 16.8 Å². The first-order valence-electron chi connectivity index (χ1n) is 7.02. The normalized spacial score (nSPS) is 12.3. The van der Waals surface area contributed by atoms with E-state index in [4.69, 9.17) is 0 Å². The summed E-state index contributed by atoms with van der Waals surface area (Å²) in [6.07, 6.45) is 1.04. The third kappa shape index (κ3) is 4.33. The van der Waals surface area contributed by atoms with E-state index in [9.17, 15) is 16.8 Å². The van der Waals surface area contributed by atoms with Gasteiger partial charge in [0, 0.05) is 11.9 Å². The topological polar surface area (TPSA) is 80.3 Å². The lowest BCUT2D eigenvalue weighted by Crippen LogP contribution is -2.13. The minimum absolute atomic E-state index is 0.0312. The van der Waals surface area contributed by atoms with Crippen molar-refractivity contribution in [2.45, 2.75) is 29.6 Å². The van der Waals surface area contributed by atoms with Crippen molar-refractivity contribution in [1.82, 2.24) is 0 Å². The predicted octanol–water partition coefficient (Wildman–Crippen LogP) is 3.01. The zero-order valence-corrected chi connectivity index (χ0v) is 14.8. The number of benzene rings is 2. The molecule has 0 saturated heterocycles. The Labute approximate surface area is 137 Å². The molecule has 0 aromatic heterocycles. The third-order valence-corrected chi connectivity index (χ3v) is 5.84. The molecule has 0 amide bonds. The van der Waals surface area contributed by atoms with Gasteiger partial charge >= 0.3 is 0 Å². The van der Waals surface area contributed by atoms with Gasteiger partial charge in [-0.1, -0.05) is 32.0 Å². The molecule has 0 fully saturated rings. The van der Waals surface area contributed by atoms with Gasteiger partial charge in [-0.05, 0) is 41.8 Å². The van der Waals surface area contributed by atoms with Gasteiger partial charge in [0.25, 0.3) is 10.0 Å². The quantitative estimate of drug-likeness (QED) is 0.896. The number of sulfonamides is 1. The Hall–Kier alpha value is -1.86. The molecule has 7 heteroatoms. The van der Waals surface area contributed by atoms with Crippen LogP contribution in [0.25, 0.3) is 0 Å². The van der Waals surface area contributed by atoms with E-state index in [0.29, 0.717) is 5.69 Å². The second kappa shape index (κ2) is 6.33. The van der Waals surface area contributed by atoms with Gasteiger partial charge in [0.15, 0.2) is 9.84 Å². The smallest absolute Gasteiger partial charge is 0.261 e. The highest BCUT2D eigenvalue weighted by atomic mass is 32.2. The predicted molar refractivity (Wildman–Crippen MR) is 90.9 cm³/mol. The number of anilines is 1. The van der Waals surface area contributed by atoms with Crippen molar-refractivity contribution in [2.24, 2.45) is 0 Å². The third-order valence-electron chi connectivity index (χ3n) is 3.35. The van der Waals surface area contributed by atoms with Crippen LogP contribution in [0.1, 0.15) is 25.3 Å². The molecule has 2 rings (SSSR count). The first-order valence-corrected chi connectivity index (χ1v) is 10.4. The molecule has 2 aromatic rings. The van der Waals surface area contributed by atoms with Crippen LogP contribution in [-0.2, 0) is 19.9 Å². The minimum atomic E-state index is -3.85. The highest BCUT2D eigenvalue weighted by Crippen LogP contribution is 2.22. The fraction of sp³-hybridized carbons (Fsp3) is 0.250. The SMILES string of the molecule is CC(C)c1cccc(NS(=O)(=O)c2cccc(S(C)(=O)=O)c2)c1. The molecule has 0 aliphatic heterocycles. The van der Waals surface area contributed by atoms with E-state index in [2.05, 4.69) is 4.72 Å². The van der Waals surface area contributed by atoms with Crippen LogP contribution in [0.15, 0.2) is 58.3 Å². The van der Waals surface area contributed by atoms with Gasteiger partial charge in [0.05, 0.1) is 9.79 Å². The maximum absolute atomic E-state index is 12.5. The summed E-state index contributed by atoms with van der Waals surface area (Å²) in [6.45, 7) is 4.03. The molecule has 1 N–H and O–H groups in total. The average Bonchev–Trinajstić information content (AvgIpc) is 2.46. The molecule has 0 bridgehead atoms. The van der Waals surface area contributed by atoms with E-state index < -0.39 is 19.9 Å². The maximum atomic E-state index is 12.5. The van der Waals surface area contributed by atoms with E-state index in [1.165, 1.54) is 18.2 Å². The van der Waals surface area contributed by atoms with Crippen LogP contribution in [0, 0.1) is 0 Å². The molecule has 0 aliphatic carbocycles. The molecule has 0 radical (unpaired) electrons. The van der Waals surface area contributed by atoms with Crippen molar-refractivity contribution in [3.8, 4) is 0 Å². The second-order valence-electron chi connectivity index (χ2n) is 5.63. The fourth-order valence-electron chi connectivity index (χ4n) is 2.05. The summed E-state index contributed by atoms with van der Waals surface area (Å²) in [4.78, 5) is -0.119. The number of rotatable bonds is 5. The first kappa shape index (κ1) is 17.5. The Morgan fingerprint density at radius 3 is 2.09 bits per heavy atom. The average molecular weight is 353 g/mol. The summed E-state index contributed by atoms with van der Waals surface area (Å²) in [5, 5.41) is 0. The molecule has 0 saturated carbocycles. The molecular weight excluding hydrogens is 334 g/mol. The van der Waals surface area contributed by atoms with Crippen molar-refractivity contribution >= 4 is 25.5 Å². The summed E-state index contributed by atoms with van der Waals surface area (Å²) in [5.74, 6) is 0.271. The van der Waals surface area contributed by atoms with Crippen molar-refractivity contribution in [2.75, 3.05) is 11.0 Å². The largest absolute Gasteiger partial charge is 0.280 e. The van der Waals surface area contributed by atoms with E-state index in [1.54, 1.807) is 18.2 Å². The summed E-state index contributed by atoms with van der Waals surface area (Å²) in [7, 11) is -7.32. The number of sulfone groups is 1. The molecule has 0 spiro atoms. The number of hydrogen-bond donors (Lipinski definition) is 1. The zero-order chi connectivity index (χ0) is 17.3. The molecule has 0 aliphatic rings. The number of hydrogen-bond acceptors (Lipinski definition) is 4. The van der Waals surface area contributed by atoms with Gasteiger partial charge in [-0.25, -0.2) is 16.8 Å². The molecule has 5 nitrogen and oxygen atoms in total. The standard InChI is InChI=1S/C16H19NO4S2/c1-12(2)13-6-4-7-14(10-13)17-23(20,21)16-9-5-8-15(11-16)22(3,18)19/h4-12,17H,1-3H3. The second-order valence-corrected chi connectivity index (χ2v) is 9.33. The molecule has 2 aromatic carbocycles. The van der Waals surface area contributed by atoms with Gasteiger partial charge in [-0.15, -0.1) is 0 Å². The Morgan fingerprint density at radius 2 is 1.48 bits per heavy atom. The van der Waals surface area contributed by atoms with Crippen LogP contribution in [-0.4, -0.2) is 23.1 Å². The van der Waals surface area contributed by atoms with Crippen molar-refractivity contribution in [3.05, 3.63) is 54.1 Å². The highest BCUT2D eigenvalue weighted by Gasteiger charge is 2.17. The van der Waals surface area contributed by atoms with Gasteiger partial charge in [-0.3, -0.25) is 4.72 Å². The molecule has 23 heavy (non-hydrogen) atoms.